The molecule has 7 N–H and O–H groups in total. The minimum Gasteiger partial charge on any atom is -0.392 e. The minimum atomic E-state index is -0.800. The predicted octanol–water partition coefficient (Wildman–Crippen LogP) is 0.880. The molecule has 1 unspecified atom stereocenters. The van der Waals surface area contributed by atoms with E-state index in [-0.39, 0.29) is 11.4 Å². The van der Waals surface area contributed by atoms with E-state index in [4.69, 9.17) is 11.5 Å². The summed E-state index contributed by atoms with van der Waals surface area (Å²) in [5.41, 5.74) is 11.9. The van der Waals surface area contributed by atoms with Crippen molar-refractivity contribution in [3.8, 4) is 11.8 Å². The van der Waals surface area contributed by atoms with Crippen LogP contribution in [0, 0.1) is 11.8 Å². The van der Waals surface area contributed by atoms with Crippen molar-refractivity contribution in [3.63, 3.8) is 0 Å². The highest BCUT2D eigenvalue weighted by molar-refractivity contribution is 6.13. The molecule has 0 radical (unpaired) electrons. The number of aliphatic hydroxyl groups is 1. The number of urea groups is 1. The fraction of sp³-hybridized carbons (Fsp3) is 0.200. The predicted molar refractivity (Wildman–Crippen MR) is 83.2 cm³/mol. The maximum atomic E-state index is 11.6. The first kappa shape index (κ1) is 15.4. The second-order valence-corrected chi connectivity index (χ2v) is 4.84. The van der Waals surface area contributed by atoms with E-state index in [2.05, 4.69) is 22.1 Å². The summed E-state index contributed by atoms with van der Waals surface area (Å²) in [4.78, 5) is 25.4. The van der Waals surface area contributed by atoms with Crippen LogP contribution in [0.4, 0.5) is 10.6 Å². The number of aromatic amines is 1. The van der Waals surface area contributed by atoms with Crippen LogP contribution in [-0.4, -0.2) is 28.1 Å². The lowest BCUT2D eigenvalue weighted by Crippen LogP contribution is -2.22. The average Bonchev–Trinajstić information content (AvgIpc) is 2.74. The zero-order valence-corrected chi connectivity index (χ0v) is 11.9. The first-order valence-corrected chi connectivity index (χ1v) is 6.57. The lowest BCUT2D eigenvalue weighted by atomic mass is 10.1. The van der Waals surface area contributed by atoms with Gasteiger partial charge in [-0.05, 0) is 19.1 Å². The molecule has 0 bridgehead atoms. The van der Waals surface area contributed by atoms with E-state index in [0.29, 0.717) is 22.9 Å². The SMILES string of the molecule is CC(O)CC#Cc1ccc2c(C(N)=O)c(NC(N)=O)[nH]c2c1. The van der Waals surface area contributed by atoms with Crippen LogP contribution in [0.3, 0.4) is 0 Å². The minimum absolute atomic E-state index is 0.157. The number of anilines is 1. The van der Waals surface area contributed by atoms with Crippen molar-refractivity contribution in [1.82, 2.24) is 4.98 Å². The highest BCUT2D eigenvalue weighted by atomic mass is 16.3. The third kappa shape index (κ3) is 3.37. The van der Waals surface area contributed by atoms with Crippen LogP contribution in [0.5, 0.6) is 0 Å². The Morgan fingerprint density at radius 1 is 1.41 bits per heavy atom. The quantitative estimate of drug-likeness (QED) is 0.538. The third-order valence-electron chi connectivity index (χ3n) is 2.92. The van der Waals surface area contributed by atoms with Crippen LogP contribution in [0.25, 0.3) is 10.9 Å². The molecular weight excluding hydrogens is 284 g/mol. The number of hydrogen-bond donors (Lipinski definition) is 5. The normalized spacial score (nSPS) is 11.5. The Kier molecular flexibility index (Phi) is 4.34. The lowest BCUT2D eigenvalue weighted by Gasteiger charge is -2.00. The molecule has 0 saturated heterocycles. The largest absolute Gasteiger partial charge is 0.392 e. The van der Waals surface area contributed by atoms with Gasteiger partial charge in [0.1, 0.15) is 5.82 Å². The van der Waals surface area contributed by atoms with Gasteiger partial charge in [-0.3, -0.25) is 10.1 Å². The van der Waals surface area contributed by atoms with Crippen molar-refractivity contribution in [3.05, 3.63) is 29.3 Å². The number of rotatable bonds is 3. The molecule has 3 amide bonds. The fourth-order valence-electron chi connectivity index (χ4n) is 2.05. The molecule has 0 aliphatic heterocycles. The van der Waals surface area contributed by atoms with Crippen LogP contribution in [0.15, 0.2) is 18.2 Å². The van der Waals surface area contributed by atoms with Crippen molar-refractivity contribution in [2.24, 2.45) is 11.5 Å². The van der Waals surface area contributed by atoms with Crippen molar-refractivity contribution in [2.75, 3.05) is 5.32 Å². The molecule has 0 aliphatic rings. The molecule has 0 aliphatic carbocycles. The van der Waals surface area contributed by atoms with E-state index >= 15 is 0 Å². The molecule has 7 nitrogen and oxygen atoms in total. The number of hydrogen-bond acceptors (Lipinski definition) is 3. The molecule has 0 spiro atoms. The maximum absolute atomic E-state index is 11.6. The molecule has 1 heterocycles. The number of benzene rings is 1. The second-order valence-electron chi connectivity index (χ2n) is 4.84. The van der Waals surface area contributed by atoms with Gasteiger partial charge in [0, 0.05) is 22.9 Å². The molecule has 114 valence electrons. The zero-order valence-electron chi connectivity index (χ0n) is 11.9. The van der Waals surface area contributed by atoms with Crippen LogP contribution in [0.2, 0.25) is 0 Å². The second kappa shape index (κ2) is 6.20. The van der Waals surface area contributed by atoms with Gasteiger partial charge in [-0.25, -0.2) is 4.79 Å². The van der Waals surface area contributed by atoms with Crippen molar-refractivity contribution >= 4 is 28.7 Å². The Hall–Kier alpha value is -2.98. The maximum Gasteiger partial charge on any atom is 0.317 e. The molecule has 22 heavy (non-hydrogen) atoms. The number of aromatic nitrogens is 1. The standard InChI is InChI=1S/C15H16N4O3/c1-8(20)3-2-4-9-5-6-10-11(7-9)18-14(19-15(17)22)12(10)13(16)21/h5-8,18,20H,3H2,1H3,(H2,16,21)(H3,17,19,22). The lowest BCUT2D eigenvalue weighted by molar-refractivity contribution is 0.100. The van der Waals surface area contributed by atoms with E-state index in [1.54, 1.807) is 25.1 Å². The molecule has 2 aromatic rings. The smallest absolute Gasteiger partial charge is 0.317 e. The fourth-order valence-corrected chi connectivity index (χ4v) is 2.05. The van der Waals surface area contributed by atoms with Gasteiger partial charge in [0.15, 0.2) is 0 Å². The number of carbonyl (C=O) groups is 2. The first-order chi connectivity index (χ1) is 10.4. The van der Waals surface area contributed by atoms with Crippen molar-refractivity contribution < 1.29 is 14.7 Å². The van der Waals surface area contributed by atoms with Crippen molar-refractivity contribution in [1.29, 1.82) is 0 Å². The summed E-state index contributed by atoms with van der Waals surface area (Å²) >= 11 is 0. The topological polar surface area (TPSA) is 134 Å². The number of nitrogens with one attached hydrogen (secondary N) is 2. The Balaban J connectivity index is 2.46. The van der Waals surface area contributed by atoms with E-state index in [1.165, 1.54) is 0 Å². The molecule has 1 aromatic heterocycles. The zero-order chi connectivity index (χ0) is 16.3. The number of primary amides is 2. The Bertz CT molecular complexity index is 796. The number of carbonyl (C=O) groups excluding carboxylic acids is 2. The Morgan fingerprint density at radius 3 is 2.73 bits per heavy atom. The number of H-pyrrole nitrogens is 1. The number of aliphatic hydroxyl groups excluding tert-OH is 1. The van der Waals surface area contributed by atoms with Gasteiger partial charge in [0.05, 0.1) is 11.7 Å². The van der Waals surface area contributed by atoms with E-state index < -0.39 is 18.0 Å². The van der Waals surface area contributed by atoms with Gasteiger partial charge < -0.3 is 21.6 Å². The van der Waals surface area contributed by atoms with E-state index in [9.17, 15) is 14.7 Å². The van der Waals surface area contributed by atoms with E-state index in [1.807, 2.05) is 0 Å². The molecule has 0 fully saturated rings. The summed E-state index contributed by atoms with van der Waals surface area (Å²) < 4.78 is 0. The van der Waals surface area contributed by atoms with Gasteiger partial charge in [-0.15, -0.1) is 0 Å². The Morgan fingerprint density at radius 2 is 2.14 bits per heavy atom. The molecule has 7 heteroatoms. The van der Waals surface area contributed by atoms with Crippen LogP contribution < -0.4 is 16.8 Å². The van der Waals surface area contributed by atoms with Crippen LogP contribution in [-0.2, 0) is 0 Å². The summed E-state index contributed by atoms with van der Waals surface area (Å²) in [6.07, 6.45) is -0.126. The summed E-state index contributed by atoms with van der Waals surface area (Å²) in [6.45, 7) is 1.66. The number of amides is 3. The highest BCUT2D eigenvalue weighted by Crippen LogP contribution is 2.26. The van der Waals surface area contributed by atoms with Crippen LogP contribution >= 0.6 is 0 Å². The van der Waals surface area contributed by atoms with Gasteiger partial charge in [-0.2, -0.15) is 0 Å². The highest BCUT2D eigenvalue weighted by Gasteiger charge is 2.17. The first-order valence-electron chi connectivity index (χ1n) is 6.57. The van der Waals surface area contributed by atoms with Gasteiger partial charge in [0.2, 0.25) is 0 Å². The third-order valence-corrected chi connectivity index (χ3v) is 2.92. The summed E-state index contributed by atoms with van der Waals surface area (Å²) in [5.74, 6) is 5.23. The molecule has 1 aromatic carbocycles. The summed E-state index contributed by atoms with van der Waals surface area (Å²) in [7, 11) is 0. The van der Waals surface area contributed by atoms with Gasteiger partial charge >= 0.3 is 6.03 Å². The molecular formula is C15H16N4O3. The molecule has 2 rings (SSSR count). The average molecular weight is 300 g/mol. The van der Waals surface area contributed by atoms with E-state index in [0.717, 1.165) is 0 Å². The Labute approximate surface area is 126 Å². The molecule has 0 saturated carbocycles. The number of nitrogens with two attached hydrogens (primary N) is 2. The number of fused-ring (bicyclic) bond motifs is 1. The van der Waals surface area contributed by atoms with Gasteiger partial charge in [-0.1, -0.05) is 17.9 Å². The van der Waals surface area contributed by atoms with Crippen LogP contribution in [0.1, 0.15) is 29.3 Å². The summed E-state index contributed by atoms with van der Waals surface area (Å²) in [5, 5.41) is 12.1. The van der Waals surface area contributed by atoms with Crippen molar-refractivity contribution in [2.45, 2.75) is 19.4 Å². The monoisotopic (exact) mass is 300 g/mol. The van der Waals surface area contributed by atoms with Gasteiger partial charge in [0.25, 0.3) is 5.91 Å². The molecule has 1 atom stereocenters. The summed E-state index contributed by atoms with van der Waals surface area (Å²) in [6, 6.07) is 4.34.